The summed E-state index contributed by atoms with van der Waals surface area (Å²) in [7, 11) is 1.35. The first-order valence-corrected chi connectivity index (χ1v) is 4.30. The third-order valence-corrected chi connectivity index (χ3v) is 2.20. The fraction of sp³-hybridized carbons (Fsp3) is 0.143. The van der Waals surface area contributed by atoms with Gasteiger partial charge in [-0.25, -0.2) is 4.79 Å². The van der Waals surface area contributed by atoms with Crippen molar-refractivity contribution in [2.24, 2.45) is 7.05 Å². The summed E-state index contributed by atoms with van der Waals surface area (Å²) in [6.45, 7) is 0. The Balaban J connectivity index is 2.91. The van der Waals surface area contributed by atoms with Crippen LogP contribution in [-0.4, -0.2) is 24.4 Å². The van der Waals surface area contributed by atoms with Crippen molar-refractivity contribution in [1.82, 2.24) is 14.5 Å². The second-order valence-electron chi connectivity index (χ2n) is 3.21. The molecule has 0 spiro atoms. The highest BCUT2D eigenvalue weighted by Gasteiger charge is 2.29. The van der Waals surface area contributed by atoms with Crippen LogP contribution in [0.5, 0.6) is 0 Å². The fourth-order valence-corrected chi connectivity index (χ4v) is 1.40. The van der Waals surface area contributed by atoms with Gasteiger partial charge < -0.3 is 15.1 Å². The lowest BCUT2D eigenvalue weighted by atomic mass is 10.3. The summed E-state index contributed by atoms with van der Waals surface area (Å²) in [5.41, 5.74) is -1.24. The van der Waals surface area contributed by atoms with Crippen molar-refractivity contribution < 1.29 is 9.85 Å². The summed E-state index contributed by atoms with van der Waals surface area (Å²) in [6, 6.07) is 0.919. The first-order chi connectivity index (χ1) is 7.91. The van der Waals surface area contributed by atoms with E-state index in [1.165, 1.54) is 7.05 Å². The quantitative estimate of drug-likeness (QED) is 0.581. The SMILES string of the molecule is Cn1c(=O)[nH]c2cc([N+](=O)[O-])c([N+](=O)[O-])nc21. The van der Waals surface area contributed by atoms with Crippen molar-refractivity contribution >= 4 is 22.7 Å². The van der Waals surface area contributed by atoms with E-state index in [4.69, 9.17) is 0 Å². The minimum atomic E-state index is -0.963. The first kappa shape index (κ1) is 10.7. The van der Waals surface area contributed by atoms with Gasteiger partial charge in [-0.05, 0) is 9.91 Å². The average molecular weight is 239 g/mol. The zero-order valence-corrected chi connectivity index (χ0v) is 8.41. The highest BCUT2D eigenvalue weighted by molar-refractivity contribution is 5.76. The van der Waals surface area contributed by atoms with E-state index in [-0.39, 0.29) is 11.2 Å². The van der Waals surface area contributed by atoms with Crippen molar-refractivity contribution in [2.45, 2.75) is 0 Å². The molecule has 0 aliphatic heterocycles. The summed E-state index contributed by atoms with van der Waals surface area (Å²) >= 11 is 0. The Morgan fingerprint density at radius 3 is 2.53 bits per heavy atom. The van der Waals surface area contributed by atoms with Gasteiger partial charge in [0.15, 0.2) is 0 Å². The molecule has 0 atom stereocenters. The molecule has 0 aliphatic carbocycles. The number of nitro groups is 2. The van der Waals surface area contributed by atoms with E-state index in [9.17, 15) is 25.0 Å². The zero-order valence-electron chi connectivity index (χ0n) is 8.41. The van der Waals surface area contributed by atoms with Crippen LogP contribution in [0.25, 0.3) is 11.2 Å². The van der Waals surface area contributed by atoms with Crippen LogP contribution in [0.15, 0.2) is 10.9 Å². The normalized spacial score (nSPS) is 10.6. The largest absolute Gasteiger partial charge is 0.444 e. The monoisotopic (exact) mass is 239 g/mol. The van der Waals surface area contributed by atoms with Crippen LogP contribution in [0.4, 0.5) is 11.5 Å². The smallest absolute Gasteiger partial charge is 0.358 e. The Morgan fingerprint density at radius 2 is 2.00 bits per heavy atom. The lowest BCUT2D eigenvalue weighted by Gasteiger charge is -1.94. The molecule has 2 rings (SSSR count). The Kier molecular flexibility index (Phi) is 2.12. The van der Waals surface area contributed by atoms with Crippen molar-refractivity contribution in [3.63, 3.8) is 0 Å². The minimum Gasteiger partial charge on any atom is -0.358 e. The molecule has 2 aromatic heterocycles. The van der Waals surface area contributed by atoms with Gasteiger partial charge in [-0.3, -0.25) is 14.7 Å². The Labute approximate surface area is 91.8 Å². The molecule has 10 nitrogen and oxygen atoms in total. The van der Waals surface area contributed by atoms with Gasteiger partial charge in [-0.2, -0.15) is 0 Å². The molecule has 2 heterocycles. The number of aryl methyl sites for hydroxylation is 1. The van der Waals surface area contributed by atoms with Crippen LogP contribution in [0.2, 0.25) is 0 Å². The van der Waals surface area contributed by atoms with E-state index in [1.807, 2.05) is 0 Å². The number of H-pyrrole nitrogens is 1. The second-order valence-corrected chi connectivity index (χ2v) is 3.21. The summed E-state index contributed by atoms with van der Waals surface area (Å²) in [6.07, 6.45) is 0. The highest BCUT2D eigenvalue weighted by Crippen LogP contribution is 2.26. The predicted octanol–water partition coefficient (Wildman–Crippen LogP) is 0.0780. The number of aromatic nitrogens is 3. The van der Waals surface area contributed by atoms with Gasteiger partial charge in [0.2, 0.25) is 0 Å². The van der Waals surface area contributed by atoms with Gasteiger partial charge in [-0.1, -0.05) is 0 Å². The van der Waals surface area contributed by atoms with Crippen LogP contribution in [0.3, 0.4) is 0 Å². The number of fused-ring (bicyclic) bond motifs is 1. The molecule has 88 valence electrons. The molecule has 0 saturated carbocycles. The molecular weight excluding hydrogens is 234 g/mol. The molecule has 0 fully saturated rings. The standard InChI is InChI=1S/C7H5N5O5/c1-10-5-3(8-7(10)13)2-4(11(14)15)6(9-5)12(16)17/h2H,1H3,(H,8,13). The predicted molar refractivity (Wildman–Crippen MR) is 54.6 cm³/mol. The highest BCUT2D eigenvalue weighted by atomic mass is 16.6. The topological polar surface area (TPSA) is 137 Å². The summed E-state index contributed by atoms with van der Waals surface area (Å²) in [5, 5.41) is 21.3. The van der Waals surface area contributed by atoms with Crippen LogP contribution >= 0.6 is 0 Å². The molecule has 0 unspecified atom stereocenters. The lowest BCUT2D eigenvalue weighted by molar-refractivity contribution is -0.425. The molecule has 0 bridgehead atoms. The number of aromatic amines is 1. The summed E-state index contributed by atoms with van der Waals surface area (Å²) in [5.74, 6) is -0.892. The van der Waals surface area contributed by atoms with Gasteiger partial charge in [0, 0.05) is 7.05 Å². The molecular formula is C7H5N5O5. The van der Waals surface area contributed by atoms with Gasteiger partial charge in [0.1, 0.15) is 5.52 Å². The van der Waals surface area contributed by atoms with Crippen molar-refractivity contribution in [1.29, 1.82) is 0 Å². The number of nitrogens with zero attached hydrogens (tertiary/aromatic N) is 4. The first-order valence-electron chi connectivity index (χ1n) is 4.30. The molecule has 10 heteroatoms. The van der Waals surface area contributed by atoms with Crippen LogP contribution in [0, 0.1) is 20.2 Å². The van der Waals surface area contributed by atoms with Gasteiger partial charge >= 0.3 is 17.2 Å². The van der Waals surface area contributed by atoms with Gasteiger partial charge in [0.05, 0.1) is 11.0 Å². The third-order valence-electron chi connectivity index (χ3n) is 2.20. The lowest BCUT2D eigenvalue weighted by Crippen LogP contribution is -2.12. The van der Waals surface area contributed by atoms with E-state index < -0.39 is 27.0 Å². The van der Waals surface area contributed by atoms with E-state index in [0.29, 0.717) is 0 Å². The molecule has 0 radical (unpaired) electrons. The summed E-state index contributed by atoms with van der Waals surface area (Å²) in [4.78, 5) is 36.4. The maximum Gasteiger partial charge on any atom is 0.444 e. The van der Waals surface area contributed by atoms with Crippen LogP contribution in [0.1, 0.15) is 0 Å². The maximum absolute atomic E-state index is 11.2. The maximum atomic E-state index is 11.2. The minimum absolute atomic E-state index is 0.00713. The Hall–Kier alpha value is -2.78. The number of hydrogen-bond donors (Lipinski definition) is 1. The van der Waals surface area contributed by atoms with E-state index in [2.05, 4.69) is 9.97 Å². The average Bonchev–Trinajstić information content (AvgIpc) is 2.53. The Bertz CT molecular complexity index is 698. The molecule has 0 saturated heterocycles. The van der Waals surface area contributed by atoms with Crippen LogP contribution < -0.4 is 5.69 Å². The molecule has 0 amide bonds. The van der Waals surface area contributed by atoms with Gasteiger partial charge in [0.25, 0.3) is 5.65 Å². The molecule has 2 aromatic rings. The number of rotatable bonds is 2. The molecule has 0 aromatic carbocycles. The number of hydrogen-bond acceptors (Lipinski definition) is 6. The Morgan fingerprint density at radius 1 is 1.35 bits per heavy atom. The molecule has 1 N–H and O–H groups in total. The fourth-order valence-electron chi connectivity index (χ4n) is 1.40. The van der Waals surface area contributed by atoms with E-state index >= 15 is 0 Å². The third kappa shape index (κ3) is 1.51. The van der Waals surface area contributed by atoms with Crippen LogP contribution in [-0.2, 0) is 7.05 Å². The van der Waals surface area contributed by atoms with E-state index in [1.54, 1.807) is 0 Å². The molecule has 17 heavy (non-hydrogen) atoms. The zero-order chi connectivity index (χ0) is 12.7. The van der Waals surface area contributed by atoms with Crippen molar-refractivity contribution in [2.75, 3.05) is 0 Å². The number of nitrogens with one attached hydrogen (secondary N) is 1. The van der Waals surface area contributed by atoms with Crippen molar-refractivity contribution in [3.8, 4) is 0 Å². The summed E-state index contributed by atoms with van der Waals surface area (Å²) < 4.78 is 1.03. The van der Waals surface area contributed by atoms with Gasteiger partial charge in [-0.15, -0.1) is 0 Å². The number of imidazole rings is 1. The number of pyridine rings is 1. The molecule has 0 aliphatic rings. The second kappa shape index (κ2) is 3.37. The van der Waals surface area contributed by atoms with Crippen molar-refractivity contribution in [3.05, 3.63) is 36.8 Å². The van der Waals surface area contributed by atoms with E-state index in [0.717, 1.165) is 10.6 Å².